The lowest BCUT2D eigenvalue weighted by Crippen LogP contribution is -2.82. The highest BCUT2D eigenvalue weighted by Gasteiger charge is 2.65. The van der Waals surface area contributed by atoms with Crippen LogP contribution in [-0.2, 0) is 28.8 Å². The predicted octanol–water partition coefficient (Wildman–Crippen LogP) is -2.21. The van der Waals surface area contributed by atoms with Crippen molar-refractivity contribution in [3.63, 3.8) is 0 Å². The lowest BCUT2D eigenvalue weighted by atomic mass is 10.4. The second-order valence-electron chi connectivity index (χ2n) is 4.17. The van der Waals surface area contributed by atoms with E-state index < -0.39 is 11.9 Å². The molecule has 0 saturated heterocycles. The van der Waals surface area contributed by atoms with Gasteiger partial charge in [0, 0.05) is 21.3 Å². The number of nitrogens with zero attached hydrogens (tertiary/aromatic N) is 5. The minimum atomic E-state index is -1.84. The van der Waals surface area contributed by atoms with Crippen molar-refractivity contribution in [1.29, 1.82) is 0 Å². The molecule has 0 aromatic heterocycles. The molecule has 0 saturated carbocycles. The molecule has 1 aliphatic rings. The Morgan fingerprint density at radius 1 is 1.00 bits per heavy atom. The van der Waals surface area contributed by atoms with Gasteiger partial charge in [-0.05, 0) is 5.06 Å². The molecule has 0 radical (unpaired) electrons. The van der Waals surface area contributed by atoms with Crippen LogP contribution in [0.2, 0.25) is 0 Å². The van der Waals surface area contributed by atoms with E-state index in [9.17, 15) is 0 Å². The summed E-state index contributed by atoms with van der Waals surface area (Å²) in [5, 5.41) is 4.22. The molecule has 13 nitrogen and oxygen atoms in total. The molecule has 2 atom stereocenters. The first kappa shape index (κ1) is 19.9. The first-order chi connectivity index (χ1) is 10.9. The van der Waals surface area contributed by atoms with E-state index in [-0.39, 0.29) is 5.96 Å². The molecule has 0 bridgehead atoms. The SMILES string of the molecule is CON(N)C1(OC)N=C(N)N(OC)C(OC)(N(C)OC)N1OC. The van der Waals surface area contributed by atoms with Crippen LogP contribution in [-0.4, -0.2) is 88.0 Å². The molecule has 13 heteroatoms. The van der Waals surface area contributed by atoms with E-state index in [0.29, 0.717) is 0 Å². The fraction of sp³-hybridized carbons (Fsp3) is 0.900. The van der Waals surface area contributed by atoms with Crippen molar-refractivity contribution in [2.45, 2.75) is 11.9 Å². The van der Waals surface area contributed by atoms with Gasteiger partial charge in [-0.3, -0.25) is 19.4 Å². The topological polar surface area (TPSA) is 133 Å². The number of methoxy groups -OCH3 is 2. The standard InChI is InChI=1S/C10H25N7O6/c1-14(20-4)10(19-3)15(21-5)8(11)13-9(18-2,16(10)22-6)17(12)23-7/h12H2,1-7H3,(H2,11,13). The van der Waals surface area contributed by atoms with Crippen molar-refractivity contribution < 1.29 is 28.8 Å². The Balaban J connectivity index is 3.68. The molecule has 1 heterocycles. The van der Waals surface area contributed by atoms with Gasteiger partial charge in [-0.1, -0.05) is 5.17 Å². The summed E-state index contributed by atoms with van der Waals surface area (Å²) in [6.07, 6.45) is 0. The molecule has 136 valence electrons. The molecule has 0 aromatic carbocycles. The van der Waals surface area contributed by atoms with Gasteiger partial charge < -0.3 is 15.2 Å². The lowest BCUT2D eigenvalue weighted by Gasteiger charge is -2.56. The minimum Gasteiger partial charge on any atom is -0.368 e. The molecular formula is C10H25N7O6. The monoisotopic (exact) mass is 339 g/mol. The Bertz CT molecular complexity index is 429. The van der Waals surface area contributed by atoms with Crippen molar-refractivity contribution in [3.05, 3.63) is 0 Å². The summed E-state index contributed by atoms with van der Waals surface area (Å²) in [6, 6.07) is 0. The Morgan fingerprint density at radius 3 is 1.96 bits per heavy atom. The summed E-state index contributed by atoms with van der Waals surface area (Å²) < 4.78 is 11.0. The third-order valence-corrected chi connectivity index (χ3v) is 3.34. The first-order valence-corrected chi connectivity index (χ1v) is 6.37. The van der Waals surface area contributed by atoms with Gasteiger partial charge in [0.25, 0.3) is 0 Å². The number of guanidine groups is 1. The molecule has 0 aliphatic carbocycles. The van der Waals surface area contributed by atoms with E-state index in [1.807, 2.05) is 0 Å². The number of ether oxygens (including phenoxy) is 2. The fourth-order valence-corrected chi connectivity index (χ4v) is 2.26. The average molecular weight is 339 g/mol. The second-order valence-corrected chi connectivity index (χ2v) is 4.17. The highest BCUT2D eigenvalue weighted by Crippen LogP contribution is 2.38. The van der Waals surface area contributed by atoms with Gasteiger partial charge in [0.2, 0.25) is 5.96 Å². The van der Waals surface area contributed by atoms with Crippen LogP contribution < -0.4 is 11.6 Å². The van der Waals surface area contributed by atoms with Crippen molar-refractivity contribution >= 4 is 5.96 Å². The Hall–Kier alpha value is -1.13. The molecule has 2 unspecified atom stereocenters. The number of nitrogens with two attached hydrogens (primary N) is 2. The molecule has 1 rings (SSSR count). The Labute approximate surface area is 134 Å². The molecular weight excluding hydrogens is 314 g/mol. The van der Waals surface area contributed by atoms with Crippen molar-refractivity contribution in [3.8, 4) is 0 Å². The fourth-order valence-electron chi connectivity index (χ4n) is 2.26. The summed E-state index contributed by atoms with van der Waals surface area (Å²) in [6.45, 7) is 0. The van der Waals surface area contributed by atoms with E-state index in [1.165, 1.54) is 47.7 Å². The zero-order valence-corrected chi connectivity index (χ0v) is 14.3. The average Bonchev–Trinajstić information content (AvgIpc) is 2.58. The van der Waals surface area contributed by atoms with Crippen molar-refractivity contribution in [1.82, 2.24) is 20.4 Å². The number of rotatable bonds is 8. The maximum absolute atomic E-state index is 5.98. The van der Waals surface area contributed by atoms with Gasteiger partial charge in [-0.2, -0.15) is 10.1 Å². The third kappa shape index (κ3) is 2.76. The largest absolute Gasteiger partial charge is 0.368 e. The van der Waals surface area contributed by atoms with Crippen LogP contribution in [0.3, 0.4) is 0 Å². The molecule has 0 spiro atoms. The third-order valence-electron chi connectivity index (χ3n) is 3.34. The second kappa shape index (κ2) is 7.63. The summed E-state index contributed by atoms with van der Waals surface area (Å²) >= 11 is 0. The van der Waals surface area contributed by atoms with Crippen LogP contribution in [0, 0.1) is 0 Å². The van der Waals surface area contributed by atoms with E-state index in [4.69, 9.17) is 40.4 Å². The van der Waals surface area contributed by atoms with Gasteiger partial charge in [0.05, 0.1) is 28.4 Å². The van der Waals surface area contributed by atoms with Crippen LogP contribution in [0.25, 0.3) is 0 Å². The number of hydrogen-bond acceptors (Lipinski definition) is 13. The predicted molar refractivity (Wildman–Crippen MR) is 76.6 cm³/mol. The Morgan fingerprint density at radius 2 is 1.61 bits per heavy atom. The minimum absolute atomic E-state index is 0.138. The van der Waals surface area contributed by atoms with E-state index in [2.05, 4.69) is 4.99 Å². The maximum atomic E-state index is 5.98. The van der Waals surface area contributed by atoms with E-state index in [0.717, 1.165) is 15.3 Å². The zero-order chi connectivity index (χ0) is 17.8. The van der Waals surface area contributed by atoms with Crippen LogP contribution in [0.4, 0.5) is 0 Å². The molecule has 4 N–H and O–H groups in total. The van der Waals surface area contributed by atoms with Gasteiger partial charge in [-0.15, -0.1) is 5.06 Å². The van der Waals surface area contributed by atoms with Gasteiger partial charge in [-0.25, -0.2) is 5.84 Å². The molecule has 0 amide bonds. The number of hydroxylamine groups is 7. The molecule has 0 aromatic rings. The first-order valence-electron chi connectivity index (χ1n) is 6.37. The van der Waals surface area contributed by atoms with Gasteiger partial charge in [0.1, 0.15) is 0 Å². The molecule has 23 heavy (non-hydrogen) atoms. The molecule has 1 aliphatic heterocycles. The maximum Gasteiger partial charge on any atom is 0.349 e. The summed E-state index contributed by atoms with van der Waals surface area (Å²) in [5.74, 6) is 2.18. The van der Waals surface area contributed by atoms with E-state index >= 15 is 0 Å². The highest BCUT2D eigenvalue weighted by molar-refractivity contribution is 5.78. The van der Waals surface area contributed by atoms with Gasteiger partial charge >= 0.3 is 11.9 Å². The molecule has 0 fully saturated rings. The smallest absolute Gasteiger partial charge is 0.349 e. The van der Waals surface area contributed by atoms with Crippen molar-refractivity contribution in [2.75, 3.05) is 49.7 Å². The van der Waals surface area contributed by atoms with E-state index in [1.54, 1.807) is 7.05 Å². The van der Waals surface area contributed by atoms with Crippen LogP contribution >= 0.6 is 0 Å². The summed E-state index contributed by atoms with van der Waals surface area (Å²) in [4.78, 5) is 25.1. The highest BCUT2D eigenvalue weighted by atomic mass is 16.9. The normalized spacial score (nSPS) is 29.5. The number of aliphatic imine (C=N–C) groups is 1. The van der Waals surface area contributed by atoms with Crippen LogP contribution in [0.1, 0.15) is 0 Å². The number of hydrazine groups is 1. The van der Waals surface area contributed by atoms with Crippen molar-refractivity contribution in [2.24, 2.45) is 16.6 Å². The summed E-state index contributed by atoms with van der Waals surface area (Å²) in [7, 11) is 9.70. The van der Waals surface area contributed by atoms with Crippen LogP contribution in [0.15, 0.2) is 4.99 Å². The zero-order valence-electron chi connectivity index (χ0n) is 14.3. The Kier molecular flexibility index (Phi) is 6.60. The lowest BCUT2D eigenvalue weighted by molar-refractivity contribution is -0.555. The van der Waals surface area contributed by atoms with Crippen LogP contribution in [0.5, 0.6) is 0 Å². The summed E-state index contributed by atoms with van der Waals surface area (Å²) in [5.41, 5.74) is 5.98. The quantitative estimate of drug-likeness (QED) is 0.282. The number of hydrogen-bond donors (Lipinski definition) is 2. The van der Waals surface area contributed by atoms with Gasteiger partial charge in [0.15, 0.2) is 0 Å².